The third-order valence-corrected chi connectivity index (χ3v) is 2.46. The Labute approximate surface area is 71.3 Å². The zero-order chi connectivity index (χ0) is 7.94. The van der Waals surface area contributed by atoms with Crippen LogP contribution in [-0.2, 0) is 4.84 Å². The van der Waals surface area contributed by atoms with Crippen molar-refractivity contribution < 1.29 is 4.84 Å². The minimum Gasteiger partial charge on any atom is -0.395 e. The highest BCUT2D eigenvalue weighted by molar-refractivity contribution is 7.99. The molecule has 3 nitrogen and oxygen atoms in total. The zero-order valence-corrected chi connectivity index (χ0v) is 7.40. The summed E-state index contributed by atoms with van der Waals surface area (Å²) in [4.78, 5) is 4.98. The monoisotopic (exact) mass is 174 g/mol. The molecule has 11 heavy (non-hydrogen) atoms. The summed E-state index contributed by atoms with van der Waals surface area (Å²) in [6, 6.07) is 0. The van der Waals surface area contributed by atoms with Crippen molar-refractivity contribution in [1.82, 2.24) is 0 Å². The highest BCUT2D eigenvalue weighted by Crippen LogP contribution is 2.14. The van der Waals surface area contributed by atoms with Gasteiger partial charge in [0.15, 0.2) is 0 Å². The van der Waals surface area contributed by atoms with Crippen LogP contribution in [0.5, 0.6) is 0 Å². The molecule has 64 valence electrons. The van der Waals surface area contributed by atoms with E-state index in [9.17, 15) is 0 Å². The molecule has 0 saturated carbocycles. The molecule has 0 amide bonds. The lowest BCUT2D eigenvalue weighted by atomic mass is 10.2. The average molecular weight is 174 g/mol. The summed E-state index contributed by atoms with van der Waals surface area (Å²) < 4.78 is 0. The molecule has 1 rings (SSSR count). The van der Waals surface area contributed by atoms with E-state index in [4.69, 9.17) is 10.6 Å². The van der Waals surface area contributed by atoms with Crippen molar-refractivity contribution in [3.05, 3.63) is 0 Å². The summed E-state index contributed by atoms with van der Waals surface area (Å²) in [5.41, 5.74) is 6.44. The van der Waals surface area contributed by atoms with Crippen LogP contribution in [-0.4, -0.2) is 30.4 Å². The van der Waals surface area contributed by atoms with Crippen molar-refractivity contribution in [2.24, 2.45) is 10.9 Å². The topological polar surface area (TPSA) is 47.6 Å². The first kappa shape index (κ1) is 8.87. The Balaban J connectivity index is 2.15. The molecule has 1 fully saturated rings. The molecule has 1 aliphatic rings. The van der Waals surface area contributed by atoms with Crippen molar-refractivity contribution in [3.63, 3.8) is 0 Å². The molecule has 1 aliphatic heterocycles. The summed E-state index contributed by atoms with van der Waals surface area (Å²) in [5.74, 6) is 2.37. The van der Waals surface area contributed by atoms with Crippen molar-refractivity contribution >= 4 is 17.5 Å². The smallest absolute Gasteiger partial charge is 0.129 e. The van der Waals surface area contributed by atoms with Gasteiger partial charge in [0.1, 0.15) is 6.61 Å². The zero-order valence-electron chi connectivity index (χ0n) is 6.58. The van der Waals surface area contributed by atoms with E-state index in [2.05, 4.69) is 5.16 Å². The quantitative estimate of drug-likeness (QED) is 0.509. The van der Waals surface area contributed by atoms with Gasteiger partial charge in [0, 0.05) is 6.54 Å². The van der Waals surface area contributed by atoms with Gasteiger partial charge in [-0.1, -0.05) is 5.16 Å². The Morgan fingerprint density at radius 1 is 1.45 bits per heavy atom. The third kappa shape index (κ3) is 3.62. The van der Waals surface area contributed by atoms with Crippen molar-refractivity contribution in [2.45, 2.75) is 12.8 Å². The van der Waals surface area contributed by atoms with Crippen molar-refractivity contribution in [3.8, 4) is 0 Å². The molecule has 0 aliphatic carbocycles. The first-order chi connectivity index (χ1) is 5.43. The van der Waals surface area contributed by atoms with Crippen LogP contribution < -0.4 is 5.73 Å². The summed E-state index contributed by atoms with van der Waals surface area (Å²) in [5, 5.41) is 4.00. The number of hydrogen-bond acceptors (Lipinski definition) is 4. The molecule has 0 unspecified atom stereocenters. The van der Waals surface area contributed by atoms with Crippen LogP contribution in [0, 0.1) is 0 Å². The summed E-state index contributed by atoms with van der Waals surface area (Å²) in [7, 11) is 0. The van der Waals surface area contributed by atoms with Crippen LogP contribution in [0.1, 0.15) is 12.8 Å². The summed E-state index contributed by atoms with van der Waals surface area (Å²) >= 11 is 1.98. The molecule has 0 bridgehead atoms. The minimum atomic E-state index is 0.538. The van der Waals surface area contributed by atoms with Gasteiger partial charge >= 0.3 is 0 Å². The molecule has 0 atom stereocenters. The first-order valence-corrected chi connectivity index (χ1v) is 5.04. The van der Waals surface area contributed by atoms with Crippen molar-refractivity contribution in [2.75, 3.05) is 24.7 Å². The molecule has 0 spiro atoms. The van der Waals surface area contributed by atoms with Gasteiger partial charge < -0.3 is 10.6 Å². The van der Waals surface area contributed by atoms with Crippen LogP contribution in [0.3, 0.4) is 0 Å². The van der Waals surface area contributed by atoms with Gasteiger partial charge in [0.05, 0.1) is 5.71 Å². The summed E-state index contributed by atoms with van der Waals surface area (Å²) in [6.07, 6.45) is 2.16. The fourth-order valence-corrected chi connectivity index (χ4v) is 1.85. The number of nitrogens with two attached hydrogens (primary N) is 1. The standard InChI is InChI=1S/C7H14N2OS/c8-3-4-10-9-7-1-5-11-6-2-7/h1-6,8H2. The van der Waals surface area contributed by atoms with E-state index in [-0.39, 0.29) is 0 Å². The molecule has 0 radical (unpaired) electrons. The Morgan fingerprint density at radius 3 is 2.82 bits per heavy atom. The largest absolute Gasteiger partial charge is 0.395 e. The second-order valence-electron chi connectivity index (χ2n) is 2.39. The molecule has 2 N–H and O–H groups in total. The maximum absolute atomic E-state index is 5.25. The molecule has 0 aromatic carbocycles. The van der Waals surface area contributed by atoms with E-state index in [0.29, 0.717) is 13.2 Å². The number of oxime groups is 1. The van der Waals surface area contributed by atoms with Crippen molar-refractivity contribution in [1.29, 1.82) is 0 Å². The van der Waals surface area contributed by atoms with Gasteiger partial charge in [-0.05, 0) is 24.3 Å². The predicted octanol–water partition coefficient (Wildman–Crippen LogP) is 0.845. The van der Waals surface area contributed by atoms with E-state index in [1.165, 1.54) is 17.2 Å². The molecule has 1 heterocycles. The Kier molecular flexibility index (Phi) is 4.38. The predicted molar refractivity (Wildman–Crippen MR) is 49.0 cm³/mol. The molecular formula is C7H14N2OS. The fourth-order valence-electron chi connectivity index (χ4n) is 0.888. The van der Waals surface area contributed by atoms with Gasteiger partial charge in [-0.3, -0.25) is 0 Å². The number of rotatable bonds is 3. The molecule has 4 heteroatoms. The maximum Gasteiger partial charge on any atom is 0.129 e. The minimum absolute atomic E-state index is 0.538. The lowest BCUT2D eigenvalue weighted by molar-refractivity contribution is 0.151. The Hall–Kier alpha value is -0.220. The van der Waals surface area contributed by atoms with Gasteiger partial charge in [-0.25, -0.2) is 0 Å². The van der Waals surface area contributed by atoms with E-state index < -0.39 is 0 Å². The van der Waals surface area contributed by atoms with Gasteiger partial charge in [-0.2, -0.15) is 11.8 Å². The highest BCUT2D eigenvalue weighted by Gasteiger charge is 2.06. The lowest BCUT2D eigenvalue weighted by Gasteiger charge is -2.10. The number of nitrogens with zero attached hydrogens (tertiary/aromatic N) is 1. The van der Waals surface area contributed by atoms with E-state index in [1.807, 2.05) is 11.8 Å². The summed E-state index contributed by atoms with van der Waals surface area (Å²) in [6.45, 7) is 1.09. The SMILES string of the molecule is NCCON=C1CCSCC1. The molecule has 0 aromatic rings. The van der Waals surface area contributed by atoms with Crippen LogP contribution in [0.2, 0.25) is 0 Å². The van der Waals surface area contributed by atoms with E-state index in [1.54, 1.807) is 0 Å². The van der Waals surface area contributed by atoms with Crippen LogP contribution in [0.4, 0.5) is 0 Å². The van der Waals surface area contributed by atoms with E-state index in [0.717, 1.165) is 12.8 Å². The van der Waals surface area contributed by atoms with Gasteiger partial charge in [0.2, 0.25) is 0 Å². The van der Waals surface area contributed by atoms with E-state index >= 15 is 0 Å². The maximum atomic E-state index is 5.25. The molecule has 0 aromatic heterocycles. The normalized spacial score (nSPS) is 18.1. The van der Waals surface area contributed by atoms with Crippen LogP contribution >= 0.6 is 11.8 Å². The lowest BCUT2D eigenvalue weighted by Crippen LogP contribution is -2.11. The second kappa shape index (κ2) is 5.43. The Bertz CT molecular complexity index is 130. The second-order valence-corrected chi connectivity index (χ2v) is 3.62. The van der Waals surface area contributed by atoms with Gasteiger partial charge in [-0.15, -0.1) is 0 Å². The highest BCUT2D eigenvalue weighted by atomic mass is 32.2. The molecule has 1 saturated heterocycles. The van der Waals surface area contributed by atoms with Crippen LogP contribution in [0.15, 0.2) is 5.16 Å². The van der Waals surface area contributed by atoms with Crippen LogP contribution in [0.25, 0.3) is 0 Å². The first-order valence-electron chi connectivity index (χ1n) is 3.89. The Morgan fingerprint density at radius 2 is 2.18 bits per heavy atom. The third-order valence-electron chi connectivity index (χ3n) is 1.47. The number of thioether (sulfide) groups is 1. The van der Waals surface area contributed by atoms with Gasteiger partial charge in [0.25, 0.3) is 0 Å². The average Bonchev–Trinajstić information content (AvgIpc) is 2.07. The fraction of sp³-hybridized carbons (Fsp3) is 0.857. The number of hydrogen-bond donors (Lipinski definition) is 1. The molecular weight excluding hydrogens is 160 g/mol.